The van der Waals surface area contributed by atoms with Gasteiger partial charge in [0.25, 0.3) is 0 Å². The zero-order chi connectivity index (χ0) is 17.0. The van der Waals surface area contributed by atoms with Crippen LogP contribution in [-0.2, 0) is 10.0 Å². The monoisotopic (exact) mass is 361 g/mol. The van der Waals surface area contributed by atoms with Crippen LogP contribution in [0.2, 0.25) is 5.02 Å². The fraction of sp³-hybridized carbons (Fsp3) is 0.200. The van der Waals surface area contributed by atoms with Crippen molar-refractivity contribution in [2.75, 3.05) is 0 Å². The Morgan fingerprint density at radius 3 is 2.48 bits per heavy atom. The number of halogens is 3. The number of ether oxygens (including phenoxy) is 1. The second-order valence-corrected chi connectivity index (χ2v) is 6.81. The van der Waals surface area contributed by atoms with Gasteiger partial charge in [-0.1, -0.05) is 35.9 Å². The lowest BCUT2D eigenvalue weighted by molar-refractivity contribution is -0.0499. The number of sulfonamides is 1. The minimum Gasteiger partial charge on any atom is -0.435 e. The molecule has 0 spiro atoms. The summed E-state index contributed by atoms with van der Waals surface area (Å²) in [5, 5.41) is 0.0991. The number of benzene rings is 2. The molecule has 2 rings (SSSR count). The van der Waals surface area contributed by atoms with Crippen LogP contribution in [0.5, 0.6) is 5.75 Å². The maximum atomic E-state index is 12.4. The van der Waals surface area contributed by atoms with Gasteiger partial charge in [0.05, 0.1) is 5.02 Å². The van der Waals surface area contributed by atoms with Crippen molar-refractivity contribution in [3.63, 3.8) is 0 Å². The molecule has 0 aliphatic rings. The lowest BCUT2D eigenvalue weighted by Crippen LogP contribution is -2.27. The van der Waals surface area contributed by atoms with Crippen LogP contribution >= 0.6 is 11.6 Å². The van der Waals surface area contributed by atoms with E-state index in [1.54, 1.807) is 25.1 Å². The maximum absolute atomic E-state index is 12.4. The molecule has 1 unspecified atom stereocenters. The van der Waals surface area contributed by atoms with Crippen molar-refractivity contribution in [2.24, 2.45) is 0 Å². The first kappa shape index (κ1) is 17.7. The van der Waals surface area contributed by atoms with E-state index in [1.807, 2.05) is 0 Å². The van der Waals surface area contributed by atoms with Crippen LogP contribution in [0.1, 0.15) is 18.5 Å². The fourth-order valence-corrected chi connectivity index (χ4v) is 3.74. The topological polar surface area (TPSA) is 55.4 Å². The van der Waals surface area contributed by atoms with E-state index in [9.17, 15) is 17.2 Å². The molecule has 2 aromatic carbocycles. The Morgan fingerprint density at radius 2 is 1.83 bits per heavy atom. The quantitative estimate of drug-likeness (QED) is 0.846. The second-order valence-electron chi connectivity index (χ2n) is 4.72. The van der Waals surface area contributed by atoms with E-state index in [0.717, 1.165) is 0 Å². The number of alkyl halides is 2. The van der Waals surface area contributed by atoms with Crippen LogP contribution in [0.25, 0.3) is 0 Å². The highest BCUT2D eigenvalue weighted by molar-refractivity contribution is 7.89. The van der Waals surface area contributed by atoms with Gasteiger partial charge in [-0.05, 0) is 36.8 Å². The summed E-state index contributed by atoms with van der Waals surface area (Å²) in [6.07, 6.45) is 0. The van der Waals surface area contributed by atoms with Gasteiger partial charge in [-0.3, -0.25) is 0 Å². The number of hydrogen-bond acceptors (Lipinski definition) is 3. The summed E-state index contributed by atoms with van der Waals surface area (Å²) >= 11 is 5.90. The minimum atomic E-state index is -3.85. The maximum Gasteiger partial charge on any atom is 0.387 e. The first-order valence-electron chi connectivity index (χ1n) is 6.61. The number of rotatable bonds is 6. The molecule has 0 saturated heterocycles. The van der Waals surface area contributed by atoms with Crippen LogP contribution in [0, 0.1) is 0 Å². The molecule has 1 N–H and O–H groups in total. The molecule has 0 aliphatic heterocycles. The molecule has 124 valence electrons. The predicted molar refractivity (Wildman–Crippen MR) is 83.3 cm³/mol. The lowest BCUT2D eigenvalue weighted by Gasteiger charge is -2.16. The average Bonchev–Trinajstić information content (AvgIpc) is 2.46. The SMILES string of the molecule is CC(NS(=O)(=O)c1ccccc1Cl)c1cccc(OC(F)F)c1. The molecular formula is C15H14ClF2NO3S. The zero-order valence-electron chi connectivity index (χ0n) is 12.0. The molecule has 0 radical (unpaired) electrons. The Hall–Kier alpha value is -1.70. The lowest BCUT2D eigenvalue weighted by atomic mass is 10.1. The third-order valence-electron chi connectivity index (χ3n) is 3.04. The smallest absolute Gasteiger partial charge is 0.387 e. The number of nitrogens with one attached hydrogen (secondary N) is 1. The van der Waals surface area contributed by atoms with Crippen LogP contribution in [-0.4, -0.2) is 15.0 Å². The highest BCUT2D eigenvalue weighted by Gasteiger charge is 2.21. The highest BCUT2D eigenvalue weighted by Crippen LogP contribution is 2.25. The Balaban J connectivity index is 2.21. The van der Waals surface area contributed by atoms with Gasteiger partial charge < -0.3 is 4.74 Å². The molecule has 8 heteroatoms. The Morgan fingerprint density at radius 1 is 1.13 bits per heavy atom. The van der Waals surface area contributed by atoms with Gasteiger partial charge in [-0.15, -0.1) is 0 Å². The molecular weight excluding hydrogens is 348 g/mol. The molecule has 4 nitrogen and oxygen atoms in total. The normalized spacial score (nSPS) is 13.1. The van der Waals surface area contributed by atoms with Crippen LogP contribution in [0.4, 0.5) is 8.78 Å². The third-order valence-corrected chi connectivity index (χ3v) is 5.08. The van der Waals surface area contributed by atoms with Gasteiger partial charge in [0.2, 0.25) is 10.0 Å². The molecule has 0 fully saturated rings. The number of hydrogen-bond donors (Lipinski definition) is 1. The first-order valence-corrected chi connectivity index (χ1v) is 8.47. The third kappa shape index (κ3) is 4.63. The summed E-state index contributed by atoms with van der Waals surface area (Å²) in [5.41, 5.74) is 0.485. The molecule has 2 aromatic rings. The molecule has 0 aliphatic carbocycles. The van der Waals surface area contributed by atoms with E-state index in [0.29, 0.717) is 5.56 Å². The minimum absolute atomic E-state index is 0.0405. The van der Waals surface area contributed by atoms with E-state index in [1.165, 1.54) is 30.3 Å². The van der Waals surface area contributed by atoms with Crippen molar-refractivity contribution in [1.29, 1.82) is 0 Å². The van der Waals surface area contributed by atoms with Crippen molar-refractivity contribution in [1.82, 2.24) is 4.72 Å². The van der Waals surface area contributed by atoms with Crippen molar-refractivity contribution in [2.45, 2.75) is 24.5 Å². The molecule has 0 saturated carbocycles. The van der Waals surface area contributed by atoms with E-state index in [2.05, 4.69) is 9.46 Å². The van der Waals surface area contributed by atoms with E-state index >= 15 is 0 Å². The van der Waals surface area contributed by atoms with Gasteiger partial charge in [0.15, 0.2) is 0 Å². The molecule has 23 heavy (non-hydrogen) atoms. The molecule has 0 aromatic heterocycles. The summed E-state index contributed by atoms with van der Waals surface area (Å²) in [7, 11) is -3.85. The van der Waals surface area contributed by atoms with Crippen molar-refractivity contribution < 1.29 is 21.9 Å². The predicted octanol–water partition coefficient (Wildman–Crippen LogP) is 3.98. The summed E-state index contributed by atoms with van der Waals surface area (Å²) < 4.78 is 56.0. The van der Waals surface area contributed by atoms with Gasteiger partial charge in [0, 0.05) is 6.04 Å². The fourth-order valence-electron chi connectivity index (χ4n) is 1.99. The van der Waals surface area contributed by atoms with Crippen LogP contribution in [0.3, 0.4) is 0 Å². The Bertz CT molecular complexity index is 784. The van der Waals surface area contributed by atoms with Crippen molar-refractivity contribution >= 4 is 21.6 Å². The van der Waals surface area contributed by atoms with Crippen molar-refractivity contribution in [3.8, 4) is 5.75 Å². The zero-order valence-corrected chi connectivity index (χ0v) is 13.6. The van der Waals surface area contributed by atoms with E-state index in [-0.39, 0.29) is 15.7 Å². The average molecular weight is 362 g/mol. The first-order chi connectivity index (χ1) is 10.8. The van der Waals surface area contributed by atoms with Gasteiger partial charge in [-0.2, -0.15) is 8.78 Å². The Kier molecular flexibility index (Phi) is 5.56. The van der Waals surface area contributed by atoms with Crippen molar-refractivity contribution in [3.05, 3.63) is 59.1 Å². The molecule has 0 heterocycles. The summed E-state index contributed by atoms with van der Waals surface area (Å²) in [5.74, 6) is -0.0405. The van der Waals surface area contributed by atoms with E-state index in [4.69, 9.17) is 11.6 Å². The van der Waals surface area contributed by atoms with E-state index < -0.39 is 22.7 Å². The second kappa shape index (κ2) is 7.25. The highest BCUT2D eigenvalue weighted by atomic mass is 35.5. The largest absolute Gasteiger partial charge is 0.435 e. The van der Waals surface area contributed by atoms with Gasteiger partial charge in [-0.25, -0.2) is 13.1 Å². The van der Waals surface area contributed by atoms with Crippen LogP contribution in [0.15, 0.2) is 53.4 Å². The summed E-state index contributed by atoms with van der Waals surface area (Å²) in [6, 6.07) is 11.2. The molecule has 0 amide bonds. The summed E-state index contributed by atoms with van der Waals surface area (Å²) in [6.45, 7) is -1.35. The van der Waals surface area contributed by atoms with Gasteiger partial charge >= 0.3 is 6.61 Å². The van der Waals surface area contributed by atoms with Gasteiger partial charge in [0.1, 0.15) is 10.6 Å². The van der Waals surface area contributed by atoms with Crippen LogP contribution < -0.4 is 9.46 Å². The summed E-state index contributed by atoms with van der Waals surface area (Å²) in [4.78, 5) is -0.0477. The molecule has 1 atom stereocenters. The standard InChI is InChI=1S/C15H14ClF2NO3S/c1-10(11-5-4-6-12(9-11)22-15(17)18)19-23(20,21)14-8-3-2-7-13(14)16/h2-10,15,19H,1H3. The molecule has 0 bridgehead atoms. The Labute approximate surface area is 138 Å².